The summed E-state index contributed by atoms with van der Waals surface area (Å²) >= 11 is 1.30. The predicted octanol–water partition coefficient (Wildman–Crippen LogP) is 1.14. The molecule has 0 aromatic carbocycles. The quantitative estimate of drug-likeness (QED) is 0.862. The van der Waals surface area contributed by atoms with E-state index in [0.29, 0.717) is 16.0 Å². The zero-order valence-electron chi connectivity index (χ0n) is 10.3. The Labute approximate surface area is 108 Å². The zero-order chi connectivity index (χ0) is 13.1. The van der Waals surface area contributed by atoms with Crippen LogP contribution in [0.3, 0.4) is 0 Å². The molecule has 0 amide bonds. The van der Waals surface area contributed by atoms with Crippen LogP contribution in [0, 0.1) is 0 Å². The maximum atomic E-state index is 11.6. The van der Waals surface area contributed by atoms with Crippen LogP contribution in [0.25, 0.3) is 0 Å². The molecule has 7 nitrogen and oxygen atoms in total. The van der Waals surface area contributed by atoms with Crippen LogP contribution in [0.15, 0.2) is 27.4 Å². The second kappa shape index (κ2) is 5.21. The molecule has 0 aliphatic carbocycles. The van der Waals surface area contributed by atoms with E-state index in [2.05, 4.69) is 25.5 Å². The highest BCUT2D eigenvalue weighted by Crippen LogP contribution is 2.24. The second-order valence-electron chi connectivity index (χ2n) is 3.87. The normalized spacial score (nSPS) is 10.9. The van der Waals surface area contributed by atoms with Gasteiger partial charge >= 0.3 is 5.69 Å². The number of aromatic amines is 1. The summed E-state index contributed by atoms with van der Waals surface area (Å²) in [5, 5.41) is 10.6. The minimum absolute atomic E-state index is 0.0409. The molecule has 0 saturated heterocycles. The third kappa shape index (κ3) is 2.53. The van der Waals surface area contributed by atoms with Crippen LogP contribution in [-0.2, 0) is 0 Å². The minimum Gasteiger partial charge on any atom is -0.372 e. The van der Waals surface area contributed by atoms with Crippen molar-refractivity contribution >= 4 is 17.6 Å². The molecule has 0 aliphatic heterocycles. The highest BCUT2D eigenvalue weighted by molar-refractivity contribution is 7.99. The van der Waals surface area contributed by atoms with Crippen LogP contribution >= 0.6 is 11.8 Å². The van der Waals surface area contributed by atoms with Gasteiger partial charge in [-0.1, -0.05) is 0 Å². The molecule has 96 valence electrons. The third-order valence-electron chi connectivity index (χ3n) is 2.25. The Morgan fingerprint density at radius 3 is 2.89 bits per heavy atom. The Morgan fingerprint density at radius 1 is 1.44 bits per heavy atom. The van der Waals surface area contributed by atoms with Gasteiger partial charge in [-0.15, -0.1) is 5.10 Å². The van der Waals surface area contributed by atoms with Crippen LogP contribution in [0.4, 0.5) is 5.82 Å². The summed E-state index contributed by atoms with van der Waals surface area (Å²) in [6.07, 6.45) is 3.26. The SMILES string of the molecule is CNc1cncc(Sc2n[nH]c(=O)n2C(C)C)n1. The Bertz CT molecular complexity index is 590. The Morgan fingerprint density at radius 2 is 2.22 bits per heavy atom. The van der Waals surface area contributed by atoms with Crippen LogP contribution in [0.1, 0.15) is 19.9 Å². The molecule has 2 aromatic rings. The number of hydrogen-bond donors (Lipinski definition) is 2. The van der Waals surface area contributed by atoms with Gasteiger partial charge < -0.3 is 5.32 Å². The summed E-state index contributed by atoms with van der Waals surface area (Å²) in [5.41, 5.74) is -0.217. The summed E-state index contributed by atoms with van der Waals surface area (Å²) < 4.78 is 1.58. The van der Waals surface area contributed by atoms with Crippen molar-refractivity contribution in [1.29, 1.82) is 0 Å². The van der Waals surface area contributed by atoms with E-state index in [4.69, 9.17) is 0 Å². The van der Waals surface area contributed by atoms with Crippen molar-refractivity contribution in [3.05, 3.63) is 22.9 Å². The topological polar surface area (TPSA) is 88.5 Å². The molecule has 0 aliphatic rings. The minimum atomic E-state index is -0.217. The van der Waals surface area contributed by atoms with Crippen molar-refractivity contribution in [3.8, 4) is 0 Å². The van der Waals surface area contributed by atoms with Gasteiger partial charge in [-0.25, -0.2) is 14.9 Å². The van der Waals surface area contributed by atoms with Gasteiger partial charge in [0.05, 0.1) is 12.4 Å². The monoisotopic (exact) mass is 266 g/mol. The Hall–Kier alpha value is -1.83. The van der Waals surface area contributed by atoms with Crippen molar-refractivity contribution in [2.24, 2.45) is 0 Å². The first kappa shape index (κ1) is 12.6. The molecule has 18 heavy (non-hydrogen) atoms. The van der Waals surface area contributed by atoms with E-state index in [9.17, 15) is 4.79 Å². The standard InChI is InChI=1S/C10H14N6OS/c1-6(2)16-9(17)14-15-10(16)18-8-5-12-4-7(11-3)13-8/h4-6H,1-3H3,(H,11,13)(H,14,17). The molecule has 0 bridgehead atoms. The van der Waals surface area contributed by atoms with Crippen LogP contribution < -0.4 is 11.0 Å². The largest absolute Gasteiger partial charge is 0.372 e. The van der Waals surface area contributed by atoms with Gasteiger partial charge in [0, 0.05) is 13.1 Å². The lowest BCUT2D eigenvalue weighted by molar-refractivity contribution is 0.534. The molecule has 2 aromatic heterocycles. The van der Waals surface area contributed by atoms with Gasteiger partial charge in [-0.2, -0.15) is 0 Å². The maximum Gasteiger partial charge on any atom is 0.344 e. The summed E-state index contributed by atoms with van der Waals surface area (Å²) in [6.45, 7) is 3.85. The molecule has 0 radical (unpaired) electrons. The summed E-state index contributed by atoms with van der Waals surface area (Å²) in [6, 6.07) is 0.0409. The first-order valence-corrected chi connectivity index (χ1v) is 6.28. The first-order chi connectivity index (χ1) is 8.61. The van der Waals surface area contributed by atoms with Crippen LogP contribution in [0.5, 0.6) is 0 Å². The molecule has 8 heteroatoms. The molecule has 2 N–H and O–H groups in total. The van der Waals surface area contributed by atoms with E-state index in [0.717, 1.165) is 0 Å². The summed E-state index contributed by atoms with van der Waals surface area (Å²) in [7, 11) is 1.77. The van der Waals surface area contributed by atoms with Crippen molar-refractivity contribution in [1.82, 2.24) is 24.7 Å². The highest BCUT2D eigenvalue weighted by atomic mass is 32.2. The van der Waals surface area contributed by atoms with Gasteiger partial charge in [0.2, 0.25) is 0 Å². The highest BCUT2D eigenvalue weighted by Gasteiger charge is 2.13. The average molecular weight is 266 g/mol. The lowest BCUT2D eigenvalue weighted by Crippen LogP contribution is -2.19. The number of H-pyrrole nitrogens is 1. The van der Waals surface area contributed by atoms with E-state index < -0.39 is 0 Å². The molecule has 0 spiro atoms. The van der Waals surface area contributed by atoms with Gasteiger partial charge in [-0.05, 0) is 25.6 Å². The first-order valence-electron chi connectivity index (χ1n) is 5.46. The van der Waals surface area contributed by atoms with Crippen molar-refractivity contribution in [3.63, 3.8) is 0 Å². The van der Waals surface area contributed by atoms with E-state index >= 15 is 0 Å². The lowest BCUT2D eigenvalue weighted by atomic mass is 10.4. The number of aromatic nitrogens is 5. The Kier molecular flexibility index (Phi) is 3.66. The average Bonchev–Trinajstić information content (AvgIpc) is 2.70. The van der Waals surface area contributed by atoms with Crippen molar-refractivity contribution in [2.45, 2.75) is 30.1 Å². The molecule has 0 fully saturated rings. The summed E-state index contributed by atoms with van der Waals surface area (Å²) in [5.74, 6) is 0.675. The molecular formula is C10H14N6OS. The van der Waals surface area contributed by atoms with Gasteiger partial charge in [0.1, 0.15) is 10.8 Å². The number of rotatable bonds is 4. The van der Waals surface area contributed by atoms with E-state index in [-0.39, 0.29) is 11.7 Å². The zero-order valence-corrected chi connectivity index (χ0v) is 11.2. The lowest BCUT2D eigenvalue weighted by Gasteiger charge is -2.08. The van der Waals surface area contributed by atoms with Crippen molar-refractivity contribution in [2.75, 3.05) is 12.4 Å². The van der Waals surface area contributed by atoms with Crippen LogP contribution in [-0.4, -0.2) is 31.8 Å². The van der Waals surface area contributed by atoms with Crippen LogP contribution in [0.2, 0.25) is 0 Å². The number of hydrogen-bond acceptors (Lipinski definition) is 6. The van der Waals surface area contributed by atoms with E-state index in [1.807, 2.05) is 13.8 Å². The maximum absolute atomic E-state index is 11.6. The molecule has 0 unspecified atom stereocenters. The van der Waals surface area contributed by atoms with Gasteiger partial charge in [0.15, 0.2) is 5.16 Å². The smallest absolute Gasteiger partial charge is 0.344 e. The fourth-order valence-electron chi connectivity index (χ4n) is 1.43. The number of nitrogens with zero attached hydrogens (tertiary/aromatic N) is 4. The number of nitrogens with one attached hydrogen (secondary N) is 2. The molecular weight excluding hydrogens is 252 g/mol. The van der Waals surface area contributed by atoms with E-state index in [1.165, 1.54) is 11.8 Å². The molecule has 2 rings (SSSR count). The second-order valence-corrected chi connectivity index (χ2v) is 4.86. The predicted molar refractivity (Wildman–Crippen MR) is 68.9 cm³/mol. The fraction of sp³-hybridized carbons (Fsp3) is 0.400. The molecule has 0 saturated carbocycles. The van der Waals surface area contributed by atoms with Gasteiger partial charge in [-0.3, -0.25) is 9.55 Å². The van der Waals surface area contributed by atoms with Crippen molar-refractivity contribution < 1.29 is 0 Å². The fourth-order valence-corrected chi connectivity index (χ4v) is 2.36. The Balaban J connectivity index is 2.31. The van der Waals surface area contributed by atoms with E-state index in [1.54, 1.807) is 24.0 Å². The molecule has 0 atom stereocenters. The molecule has 2 heterocycles. The number of anilines is 1. The summed E-state index contributed by atoms with van der Waals surface area (Å²) in [4.78, 5) is 20.0. The third-order valence-corrected chi connectivity index (χ3v) is 3.13. The van der Waals surface area contributed by atoms with Gasteiger partial charge in [0.25, 0.3) is 0 Å².